The van der Waals surface area contributed by atoms with Crippen LogP contribution in [0.3, 0.4) is 0 Å². The van der Waals surface area contributed by atoms with E-state index in [0.29, 0.717) is 45.2 Å². The van der Waals surface area contributed by atoms with Crippen molar-refractivity contribution in [2.24, 2.45) is 11.1 Å². The van der Waals surface area contributed by atoms with E-state index in [4.69, 9.17) is 5.73 Å². The number of piperidine rings is 1. The van der Waals surface area contributed by atoms with Crippen molar-refractivity contribution in [2.45, 2.75) is 58.4 Å². The number of carbonyl (C=O) groups is 2. The fourth-order valence-corrected chi connectivity index (χ4v) is 2.49. The fraction of sp³-hybridized carbons (Fsp3) is 0.857. The molecule has 0 aromatic heterocycles. The summed E-state index contributed by atoms with van der Waals surface area (Å²) in [5.74, 6) is -0.640. The summed E-state index contributed by atoms with van der Waals surface area (Å²) in [6.45, 7) is 6.81. The van der Waals surface area contributed by atoms with Crippen molar-refractivity contribution in [3.63, 3.8) is 0 Å². The Morgan fingerprint density at radius 3 is 2.21 bits per heavy atom. The summed E-state index contributed by atoms with van der Waals surface area (Å²) in [5.41, 5.74) is 4.90. The molecular weight excluding hydrogens is 244 g/mol. The molecule has 1 heterocycles. The second kappa shape index (κ2) is 5.90. The first-order chi connectivity index (χ1) is 8.70. The molecule has 5 heteroatoms. The molecule has 1 fully saturated rings. The standard InChI is InChI=1S/C14H26N2O3/c1-4-14(12(18)19)7-9-16(10-8-14)11(17)5-6-13(2,3)15/h4-10,15H2,1-3H3,(H,18,19). The van der Waals surface area contributed by atoms with E-state index in [-0.39, 0.29) is 11.4 Å². The second-order valence-electron chi connectivity index (χ2n) is 6.31. The zero-order valence-electron chi connectivity index (χ0n) is 12.2. The number of likely N-dealkylation sites (tertiary alicyclic amines) is 1. The molecule has 0 aliphatic carbocycles. The Bertz CT molecular complexity index is 339. The van der Waals surface area contributed by atoms with Crippen LogP contribution in [0.4, 0.5) is 0 Å². The lowest BCUT2D eigenvalue weighted by atomic mass is 9.76. The van der Waals surface area contributed by atoms with E-state index in [0.717, 1.165) is 0 Å². The van der Waals surface area contributed by atoms with Crippen molar-refractivity contribution in [1.29, 1.82) is 0 Å². The van der Waals surface area contributed by atoms with Crippen molar-refractivity contribution in [3.05, 3.63) is 0 Å². The third-order valence-corrected chi connectivity index (χ3v) is 4.19. The average Bonchev–Trinajstić information content (AvgIpc) is 2.35. The largest absolute Gasteiger partial charge is 0.481 e. The molecular formula is C14H26N2O3. The number of rotatable bonds is 5. The summed E-state index contributed by atoms with van der Waals surface area (Å²) >= 11 is 0. The van der Waals surface area contributed by atoms with Gasteiger partial charge in [-0.15, -0.1) is 0 Å². The Labute approximate surface area is 115 Å². The average molecular weight is 270 g/mol. The van der Waals surface area contributed by atoms with Gasteiger partial charge in [-0.2, -0.15) is 0 Å². The summed E-state index contributed by atoms with van der Waals surface area (Å²) in [4.78, 5) is 25.1. The molecule has 0 unspecified atom stereocenters. The molecule has 0 aromatic rings. The highest BCUT2D eigenvalue weighted by Crippen LogP contribution is 2.35. The molecule has 3 N–H and O–H groups in total. The van der Waals surface area contributed by atoms with Crippen LogP contribution < -0.4 is 5.73 Å². The van der Waals surface area contributed by atoms with Gasteiger partial charge in [-0.25, -0.2) is 0 Å². The van der Waals surface area contributed by atoms with Crippen LogP contribution in [0.1, 0.15) is 52.9 Å². The van der Waals surface area contributed by atoms with Gasteiger partial charge in [0.15, 0.2) is 0 Å². The minimum Gasteiger partial charge on any atom is -0.481 e. The molecule has 1 rings (SSSR count). The number of carboxylic acids is 1. The molecule has 0 atom stereocenters. The lowest BCUT2D eigenvalue weighted by molar-refractivity contribution is -0.154. The first-order valence-corrected chi connectivity index (χ1v) is 7.00. The summed E-state index contributed by atoms with van der Waals surface area (Å²) < 4.78 is 0. The molecule has 0 saturated carbocycles. The van der Waals surface area contributed by atoms with Crippen molar-refractivity contribution in [3.8, 4) is 0 Å². The van der Waals surface area contributed by atoms with E-state index in [2.05, 4.69) is 0 Å². The summed E-state index contributed by atoms with van der Waals surface area (Å²) in [7, 11) is 0. The van der Waals surface area contributed by atoms with Gasteiger partial charge in [0.25, 0.3) is 0 Å². The smallest absolute Gasteiger partial charge is 0.309 e. The quantitative estimate of drug-likeness (QED) is 0.795. The number of hydrogen-bond acceptors (Lipinski definition) is 3. The summed E-state index contributed by atoms with van der Waals surface area (Å²) in [6, 6.07) is 0. The fourth-order valence-electron chi connectivity index (χ4n) is 2.49. The van der Waals surface area contributed by atoms with Gasteiger partial charge in [0.2, 0.25) is 5.91 Å². The van der Waals surface area contributed by atoms with E-state index in [1.165, 1.54) is 0 Å². The number of nitrogens with zero attached hydrogens (tertiary/aromatic N) is 1. The molecule has 19 heavy (non-hydrogen) atoms. The zero-order chi connectivity index (χ0) is 14.7. The van der Waals surface area contributed by atoms with Gasteiger partial charge in [-0.05, 0) is 39.5 Å². The third kappa shape index (κ3) is 4.20. The molecule has 0 spiro atoms. The third-order valence-electron chi connectivity index (χ3n) is 4.19. The number of aliphatic carboxylic acids is 1. The van der Waals surface area contributed by atoms with Gasteiger partial charge in [0.05, 0.1) is 5.41 Å². The van der Waals surface area contributed by atoms with Crippen molar-refractivity contribution >= 4 is 11.9 Å². The van der Waals surface area contributed by atoms with E-state index in [9.17, 15) is 14.7 Å². The molecule has 0 bridgehead atoms. The molecule has 1 saturated heterocycles. The van der Waals surface area contributed by atoms with E-state index in [1.54, 1.807) is 4.90 Å². The zero-order valence-corrected chi connectivity index (χ0v) is 12.2. The van der Waals surface area contributed by atoms with Gasteiger partial charge in [0, 0.05) is 25.0 Å². The highest BCUT2D eigenvalue weighted by atomic mass is 16.4. The van der Waals surface area contributed by atoms with Gasteiger partial charge >= 0.3 is 5.97 Å². The molecule has 0 aromatic carbocycles. The maximum absolute atomic E-state index is 12.0. The Hall–Kier alpha value is -1.10. The van der Waals surface area contributed by atoms with E-state index in [1.807, 2.05) is 20.8 Å². The molecule has 1 amide bonds. The first kappa shape index (κ1) is 16.0. The lowest BCUT2D eigenvalue weighted by Crippen LogP contribution is -2.46. The normalized spacial score (nSPS) is 19.3. The molecule has 110 valence electrons. The highest BCUT2D eigenvalue weighted by molar-refractivity contribution is 5.78. The van der Waals surface area contributed by atoms with Crippen molar-refractivity contribution < 1.29 is 14.7 Å². The molecule has 1 aliphatic rings. The van der Waals surface area contributed by atoms with Gasteiger partial charge in [-0.3, -0.25) is 9.59 Å². The first-order valence-electron chi connectivity index (χ1n) is 7.00. The number of hydrogen-bond donors (Lipinski definition) is 2. The second-order valence-corrected chi connectivity index (χ2v) is 6.31. The van der Waals surface area contributed by atoms with E-state index < -0.39 is 11.4 Å². The number of amides is 1. The number of carboxylic acid groups (broad SMARTS) is 1. The Morgan fingerprint density at radius 2 is 1.84 bits per heavy atom. The SMILES string of the molecule is CCC1(C(=O)O)CCN(C(=O)CCC(C)(C)N)CC1. The monoisotopic (exact) mass is 270 g/mol. The van der Waals surface area contributed by atoms with Crippen LogP contribution in [0.25, 0.3) is 0 Å². The van der Waals surface area contributed by atoms with E-state index >= 15 is 0 Å². The van der Waals surface area contributed by atoms with Gasteiger partial charge in [0.1, 0.15) is 0 Å². The van der Waals surface area contributed by atoms with Crippen molar-refractivity contribution in [2.75, 3.05) is 13.1 Å². The van der Waals surface area contributed by atoms with Crippen molar-refractivity contribution in [1.82, 2.24) is 4.90 Å². The summed E-state index contributed by atoms with van der Waals surface area (Å²) in [6.07, 6.45) is 2.82. The van der Waals surface area contributed by atoms with Crippen LogP contribution in [0, 0.1) is 5.41 Å². The van der Waals surface area contributed by atoms with Gasteiger partial charge in [-0.1, -0.05) is 6.92 Å². The Morgan fingerprint density at radius 1 is 1.32 bits per heavy atom. The van der Waals surface area contributed by atoms with Crippen LogP contribution in [0.2, 0.25) is 0 Å². The predicted octanol–water partition coefficient (Wildman–Crippen LogP) is 1.61. The van der Waals surface area contributed by atoms with Crippen LogP contribution >= 0.6 is 0 Å². The minimum absolute atomic E-state index is 0.0913. The highest BCUT2D eigenvalue weighted by Gasteiger charge is 2.40. The van der Waals surface area contributed by atoms with Gasteiger partial charge < -0.3 is 15.7 Å². The molecule has 1 aliphatic heterocycles. The Kier molecular flexibility index (Phi) is 4.96. The number of carbonyl (C=O) groups excluding carboxylic acids is 1. The van der Waals surface area contributed by atoms with Crippen LogP contribution in [-0.2, 0) is 9.59 Å². The Balaban J connectivity index is 2.49. The predicted molar refractivity (Wildman–Crippen MR) is 73.7 cm³/mol. The lowest BCUT2D eigenvalue weighted by Gasteiger charge is -2.38. The molecule has 0 radical (unpaired) electrons. The number of nitrogens with two attached hydrogens (primary N) is 1. The van der Waals surface area contributed by atoms with Crippen LogP contribution in [0.5, 0.6) is 0 Å². The molecule has 5 nitrogen and oxygen atoms in total. The van der Waals surface area contributed by atoms with Crippen LogP contribution in [0.15, 0.2) is 0 Å². The minimum atomic E-state index is -0.731. The summed E-state index contributed by atoms with van der Waals surface area (Å²) in [5, 5.41) is 9.30. The maximum atomic E-state index is 12.0. The topological polar surface area (TPSA) is 83.6 Å². The maximum Gasteiger partial charge on any atom is 0.309 e. The van der Waals surface area contributed by atoms with Crippen LogP contribution in [-0.4, -0.2) is 40.5 Å².